The maximum atomic E-state index is 14.1. The van der Waals surface area contributed by atoms with Crippen molar-refractivity contribution in [1.82, 2.24) is 4.90 Å². The van der Waals surface area contributed by atoms with E-state index in [0.717, 1.165) is 10.5 Å². The predicted molar refractivity (Wildman–Crippen MR) is 151 cm³/mol. The molecule has 0 bridgehead atoms. The van der Waals surface area contributed by atoms with E-state index >= 15 is 0 Å². The Morgan fingerprint density at radius 2 is 1.69 bits per heavy atom. The number of terminal acetylenes is 1. The fourth-order valence-corrected chi connectivity index (χ4v) is 6.57. The lowest BCUT2D eigenvalue weighted by molar-refractivity contribution is -0.172. The largest absolute Gasteiger partial charge is 0.443 e. The molecule has 2 aliphatic rings. The van der Waals surface area contributed by atoms with E-state index in [2.05, 4.69) is 39.8 Å². The molecule has 6 atom stereocenters. The molecule has 0 aromatic heterocycles. The molecule has 0 spiro atoms. The fourth-order valence-electron chi connectivity index (χ4n) is 5.03. The number of carbonyl (C=O) groups is 2. The lowest BCUT2D eigenvalue weighted by atomic mass is 9.78. The van der Waals surface area contributed by atoms with Crippen LogP contribution in [0, 0.1) is 17.8 Å². The van der Waals surface area contributed by atoms with E-state index in [0.29, 0.717) is 0 Å². The van der Waals surface area contributed by atoms with Crippen molar-refractivity contribution in [2.45, 2.75) is 122 Å². The van der Waals surface area contributed by atoms with E-state index in [9.17, 15) is 14.7 Å². The van der Waals surface area contributed by atoms with Crippen LogP contribution in [0.25, 0.3) is 0 Å². The van der Waals surface area contributed by atoms with Crippen molar-refractivity contribution >= 4 is 20.3 Å². The third-order valence-corrected chi connectivity index (χ3v) is 12.9. The summed E-state index contributed by atoms with van der Waals surface area (Å²) in [5.74, 6) is 1.09. The highest BCUT2D eigenvalue weighted by molar-refractivity contribution is 6.74. The van der Waals surface area contributed by atoms with Gasteiger partial charge in [-0.1, -0.05) is 57.0 Å². The topological polar surface area (TPSA) is 94.5 Å². The number of amides is 2. The molecule has 216 valence electrons. The van der Waals surface area contributed by atoms with Crippen LogP contribution in [0.4, 0.5) is 4.79 Å². The second-order valence-corrected chi connectivity index (χ2v) is 18.1. The average molecular weight is 560 g/mol. The fraction of sp³-hybridized carbons (Fsp3) is 0.667. The summed E-state index contributed by atoms with van der Waals surface area (Å²) < 4.78 is 24.6. The third-order valence-electron chi connectivity index (χ3n) is 8.40. The van der Waals surface area contributed by atoms with E-state index in [1.165, 1.54) is 0 Å². The van der Waals surface area contributed by atoms with Gasteiger partial charge < -0.3 is 23.7 Å². The summed E-state index contributed by atoms with van der Waals surface area (Å²) in [6.45, 7) is 20.7. The summed E-state index contributed by atoms with van der Waals surface area (Å²) in [4.78, 5) is 28.1. The van der Waals surface area contributed by atoms with Crippen LogP contribution in [0.3, 0.4) is 0 Å². The molecule has 3 rings (SSSR count). The van der Waals surface area contributed by atoms with Gasteiger partial charge in [-0.15, -0.1) is 6.42 Å². The van der Waals surface area contributed by atoms with Gasteiger partial charge in [0.1, 0.15) is 30.0 Å². The minimum Gasteiger partial charge on any atom is -0.443 e. The molecule has 2 fully saturated rings. The first-order chi connectivity index (χ1) is 17.7. The molecular weight excluding hydrogens is 514 g/mol. The van der Waals surface area contributed by atoms with Gasteiger partial charge in [0.05, 0.1) is 11.5 Å². The third kappa shape index (κ3) is 5.82. The van der Waals surface area contributed by atoms with Gasteiger partial charge in [-0.3, -0.25) is 4.79 Å². The Morgan fingerprint density at radius 1 is 1.13 bits per heavy atom. The van der Waals surface area contributed by atoms with Crippen LogP contribution in [0.5, 0.6) is 0 Å². The number of nitrogens with zero attached hydrogens (tertiary/aromatic N) is 1. The molecule has 9 heteroatoms. The number of imide groups is 1. The van der Waals surface area contributed by atoms with Crippen LogP contribution in [-0.2, 0) is 23.4 Å². The summed E-state index contributed by atoms with van der Waals surface area (Å²) in [6.07, 6.45) is 1.46. The number of hydrogen-bond donors (Lipinski definition) is 1. The van der Waals surface area contributed by atoms with E-state index in [4.69, 9.17) is 25.1 Å². The molecule has 2 amide bonds. The number of rotatable bonds is 7. The summed E-state index contributed by atoms with van der Waals surface area (Å²) in [5.41, 5.74) is -1.97. The van der Waals surface area contributed by atoms with Gasteiger partial charge in [0.15, 0.2) is 14.1 Å². The second-order valence-electron chi connectivity index (χ2n) is 13.4. The first kappa shape index (κ1) is 31.3. The molecule has 2 saturated heterocycles. The van der Waals surface area contributed by atoms with Gasteiger partial charge in [-0.2, -0.15) is 0 Å². The Balaban J connectivity index is 1.98. The quantitative estimate of drug-likeness (QED) is 0.352. The monoisotopic (exact) mass is 559 g/mol. The molecule has 0 radical (unpaired) electrons. The van der Waals surface area contributed by atoms with E-state index in [-0.39, 0.29) is 5.04 Å². The number of hydrogen-bond acceptors (Lipinski definition) is 7. The lowest BCUT2D eigenvalue weighted by Gasteiger charge is -2.45. The highest BCUT2D eigenvalue weighted by Crippen LogP contribution is 2.46. The normalized spacial score (nSPS) is 28.0. The van der Waals surface area contributed by atoms with Crippen LogP contribution in [0.2, 0.25) is 18.1 Å². The first-order valence-electron chi connectivity index (χ1n) is 13.5. The number of carbonyl (C=O) groups excluding carboxylic acids is 2. The Bertz CT molecular complexity index is 1120. The van der Waals surface area contributed by atoms with Crippen molar-refractivity contribution in [2.75, 3.05) is 0 Å². The van der Waals surface area contributed by atoms with Gasteiger partial charge in [-0.05, 0) is 65.2 Å². The van der Waals surface area contributed by atoms with Crippen molar-refractivity contribution < 1.29 is 33.3 Å². The molecule has 0 unspecified atom stereocenters. The van der Waals surface area contributed by atoms with Crippen LogP contribution in [0.1, 0.15) is 73.9 Å². The van der Waals surface area contributed by atoms with Gasteiger partial charge in [0.25, 0.3) is 0 Å². The zero-order valence-corrected chi connectivity index (χ0v) is 26.2. The molecule has 1 aromatic rings. The molecule has 2 heterocycles. The number of ether oxygens (including phenoxy) is 3. The van der Waals surface area contributed by atoms with E-state index < -0.39 is 67.6 Å². The van der Waals surface area contributed by atoms with E-state index in [1.807, 2.05) is 30.3 Å². The molecule has 0 aliphatic carbocycles. The van der Waals surface area contributed by atoms with Gasteiger partial charge >= 0.3 is 6.09 Å². The molecule has 1 N–H and O–H groups in total. The van der Waals surface area contributed by atoms with Gasteiger partial charge in [0, 0.05) is 0 Å². The number of aliphatic hydroxyl groups is 1. The van der Waals surface area contributed by atoms with Gasteiger partial charge in [-0.25, -0.2) is 9.69 Å². The Morgan fingerprint density at radius 3 is 2.21 bits per heavy atom. The van der Waals surface area contributed by atoms with Crippen molar-refractivity contribution in [2.24, 2.45) is 5.41 Å². The standard InChI is InChI=1S/C30H45NO7Si/c1-13-30(10,38-39(11,12)27(3,4)5)24-22(36-29(8,9)37-24)23(32)28(6,7)25(33)31-21(19(2)35-26(31)34)20-17-15-14-16-18-20/h1,14-19,21-24,32H,2-12H3/t19-,21-,22+,23+,24+,30+/m0/s1. The molecular formula is C30H45NO7Si. The van der Waals surface area contributed by atoms with Crippen LogP contribution < -0.4 is 0 Å². The van der Waals surface area contributed by atoms with Crippen LogP contribution in [0.15, 0.2) is 30.3 Å². The SMILES string of the molecule is C#C[C@@](C)(O[Si](C)(C)C(C)(C)C)[C@@H]1OC(C)(C)O[C@@H]1[C@@H](O)C(C)(C)C(=O)N1C(=O)O[C@@H](C)[C@H]1c1ccccc1. The second kappa shape index (κ2) is 10.3. The maximum absolute atomic E-state index is 14.1. The number of cyclic esters (lactones) is 1. The lowest BCUT2D eigenvalue weighted by Crippen LogP contribution is -2.60. The number of aliphatic hydroxyl groups excluding tert-OH is 1. The highest BCUT2D eigenvalue weighted by atomic mass is 28.4. The minimum atomic E-state index is -2.39. The molecule has 1 aromatic carbocycles. The van der Waals surface area contributed by atoms with Crippen molar-refractivity contribution in [3.05, 3.63) is 35.9 Å². The summed E-state index contributed by atoms with van der Waals surface area (Å²) in [6, 6.07) is 8.59. The number of benzene rings is 1. The highest BCUT2D eigenvalue weighted by Gasteiger charge is 2.60. The zero-order valence-electron chi connectivity index (χ0n) is 25.2. The Labute approximate surface area is 234 Å². The van der Waals surface area contributed by atoms with E-state index in [1.54, 1.807) is 41.5 Å². The average Bonchev–Trinajstić information content (AvgIpc) is 3.31. The molecule has 8 nitrogen and oxygen atoms in total. The van der Waals surface area contributed by atoms with Crippen LogP contribution in [-0.4, -0.2) is 66.1 Å². The predicted octanol–water partition coefficient (Wildman–Crippen LogP) is 5.42. The van der Waals surface area contributed by atoms with Crippen molar-refractivity contribution in [1.29, 1.82) is 0 Å². The summed E-state index contributed by atoms with van der Waals surface area (Å²) in [5, 5.41) is 11.7. The minimum absolute atomic E-state index is 0.136. The Hall–Kier alpha value is -2.22. The van der Waals surface area contributed by atoms with Crippen molar-refractivity contribution in [3.8, 4) is 12.3 Å². The van der Waals surface area contributed by atoms with Crippen molar-refractivity contribution in [3.63, 3.8) is 0 Å². The van der Waals surface area contributed by atoms with Gasteiger partial charge in [0.2, 0.25) is 5.91 Å². The molecule has 0 saturated carbocycles. The maximum Gasteiger partial charge on any atom is 0.417 e. The van der Waals surface area contributed by atoms with Crippen LogP contribution >= 0.6 is 0 Å². The molecule has 2 aliphatic heterocycles. The first-order valence-corrected chi connectivity index (χ1v) is 16.4. The summed E-state index contributed by atoms with van der Waals surface area (Å²) >= 11 is 0. The summed E-state index contributed by atoms with van der Waals surface area (Å²) in [7, 11) is -2.39. The Kier molecular flexibility index (Phi) is 8.28. The zero-order chi connectivity index (χ0) is 29.8. The smallest absolute Gasteiger partial charge is 0.417 e. The molecule has 39 heavy (non-hydrogen) atoms.